The molecule has 8 aromatic carbocycles. The molecule has 5 heteroatoms. The van der Waals surface area contributed by atoms with Crippen molar-refractivity contribution in [1.29, 1.82) is 0 Å². The number of rotatable bonds is 9. The molecule has 10 aromatic rings. The van der Waals surface area contributed by atoms with E-state index in [0.29, 0.717) is 5.56 Å². The number of furan rings is 1. The van der Waals surface area contributed by atoms with Crippen molar-refractivity contribution in [2.75, 3.05) is 9.80 Å². The van der Waals surface area contributed by atoms with Crippen LogP contribution in [0.15, 0.2) is 223 Å². The Morgan fingerprint density at radius 3 is 1.51 bits per heavy atom. The van der Waals surface area contributed by atoms with E-state index in [-0.39, 0.29) is 5.82 Å². The first-order valence-electron chi connectivity index (χ1n) is 19.0. The average molecular weight is 738 g/mol. The van der Waals surface area contributed by atoms with E-state index in [9.17, 15) is 0 Å². The molecular weight excluding hydrogens is 702 g/mol. The van der Waals surface area contributed by atoms with E-state index < -0.39 is 0 Å². The summed E-state index contributed by atoms with van der Waals surface area (Å²) >= 11 is 0. The molecule has 0 saturated carbocycles. The maximum Gasteiger partial charge on any atom is 0.205 e. The quantitative estimate of drug-likeness (QED) is 0.147. The number of fused-ring (bicyclic) bond motifs is 3. The van der Waals surface area contributed by atoms with Crippen molar-refractivity contribution in [3.8, 4) is 28.1 Å². The van der Waals surface area contributed by atoms with Crippen LogP contribution in [-0.4, -0.2) is 4.57 Å². The molecule has 272 valence electrons. The van der Waals surface area contributed by atoms with Crippen molar-refractivity contribution in [3.05, 3.63) is 224 Å². The Balaban J connectivity index is 0.988. The fraction of sp³-hybridized carbons (Fsp3) is 0. The van der Waals surface area contributed by atoms with Gasteiger partial charge in [0.15, 0.2) is 0 Å². The molecule has 57 heavy (non-hydrogen) atoms. The molecule has 0 fully saturated rings. The Morgan fingerprint density at radius 1 is 0.386 bits per heavy atom. The van der Waals surface area contributed by atoms with Crippen LogP contribution in [0.5, 0.6) is 0 Å². The van der Waals surface area contributed by atoms with Crippen LogP contribution in [0, 0.1) is 5.82 Å². The zero-order valence-electron chi connectivity index (χ0n) is 30.9. The smallest absolute Gasteiger partial charge is 0.205 e. The molecule has 0 aliphatic rings. The number of halogens is 1. The molecule has 0 spiro atoms. The van der Waals surface area contributed by atoms with E-state index in [0.717, 1.165) is 78.7 Å². The van der Waals surface area contributed by atoms with E-state index in [1.807, 2.05) is 127 Å². The van der Waals surface area contributed by atoms with E-state index in [2.05, 4.69) is 99.3 Å². The van der Waals surface area contributed by atoms with Crippen molar-refractivity contribution in [2.24, 2.45) is 0 Å². The molecule has 0 radical (unpaired) electrons. The van der Waals surface area contributed by atoms with Gasteiger partial charge in [0, 0.05) is 62.1 Å². The highest BCUT2D eigenvalue weighted by Gasteiger charge is 2.19. The molecule has 4 nitrogen and oxygen atoms in total. The van der Waals surface area contributed by atoms with Gasteiger partial charge >= 0.3 is 0 Å². The number of hydrogen-bond acceptors (Lipinski definition) is 3. The lowest BCUT2D eigenvalue weighted by Crippen LogP contribution is -2.10. The third kappa shape index (κ3) is 6.31. The minimum Gasteiger partial charge on any atom is -0.440 e. The van der Waals surface area contributed by atoms with Crippen LogP contribution in [0.25, 0.3) is 49.9 Å². The van der Waals surface area contributed by atoms with Crippen LogP contribution in [0.4, 0.5) is 38.7 Å². The van der Waals surface area contributed by atoms with Gasteiger partial charge in [-0.15, -0.1) is 0 Å². The fourth-order valence-electron chi connectivity index (χ4n) is 7.83. The van der Waals surface area contributed by atoms with Crippen molar-refractivity contribution < 1.29 is 8.81 Å². The summed E-state index contributed by atoms with van der Waals surface area (Å²) in [7, 11) is 0. The van der Waals surface area contributed by atoms with Crippen LogP contribution < -0.4 is 9.80 Å². The van der Waals surface area contributed by atoms with Crippen molar-refractivity contribution >= 4 is 56.1 Å². The highest BCUT2D eigenvalue weighted by Crippen LogP contribution is 2.41. The molecule has 0 saturated heterocycles. The Bertz CT molecular complexity index is 2880. The second-order valence-corrected chi connectivity index (χ2v) is 13.9. The van der Waals surface area contributed by atoms with Gasteiger partial charge in [0.05, 0.1) is 11.0 Å². The normalized spacial score (nSPS) is 11.2. The zero-order chi connectivity index (χ0) is 38.1. The zero-order valence-corrected chi connectivity index (χ0v) is 30.9. The molecule has 2 aromatic heterocycles. The molecule has 10 rings (SSSR count). The summed E-state index contributed by atoms with van der Waals surface area (Å²) in [5.41, 5.74) is 10.2. The highest BCUT2D eigenvalue weighted by molar-refractivity contribution is 6.10. The van der Waals surface area contributed by atoms with Crippen LogP contribution in [0.1, 0.15) is 0 Å². The van der Waals surface area contributed by atoms with Crippen LogP contribution in [0.2, 0.25) is 0 Å². The maximum absolute atomic E-state index is 16.3. The predicted octanol–water partition coefficient (Wildman–Crippen LogP) is 14.8. The summed E-state index contributed by atoms with van der Waals surface area (Å²) in [5, 5.41) is 2.16. The van der Waals surface area contributed by atoms with Crippen molar-refractivity contribution in [2.45, 2.75) is 0 Å². The van der Waals surface area contributed by atoms with Gasteiger partial charge < -0.3 is 13.9 Å². The van der Waals surface area contributed by atoms with Gasteiger partial charge in [-0.05, 0) is 121 Å². The predicted molar refractivity (Wildman–Crippen MR) is 233 cm³/mol. The van der Waals surface area contributed by atoms with Gasteiger partial charge in [-0.2, -0.15) is 0 Å². The summed E-state index contributed by atoms with van der Waals surface area (Å²) in [6, 6.07) is 73.3. The largest absolute Gasteiger partial charge is 0.440 e. The lowest BCUT2D eigenvalue weighted by Gasteiger charge is -2.25. The van der Waals surface area contributed by atoms with Crippen molar-refractivity contribution in [1.82, 2.24) is 4.57 Å². The second-order valence-electron chi connectivity index (χ2n) is 13.9. The van der Waals surface area contributed by atoms with Crippen LogP contribution in [-0.2, 0) is 0 Å². The molecule has 0 N–H and O–H groups in total. The first-order chi connectivity index (χ1) is 28.2. The molecule has 0 atom stereocenters. The summed E-state index contributed by atoms with van der Waals surface area (Å²) in [6.45, 7) is 0. The number of aromatic nitrogens is 1. The number of nitrogens with zero attached hydrogens (tertiary/aromatic N) is 3. The summed E-state index contributed by atoms with van der Waals surface area (Å²) in [5.74, 6) is 1.24. The monoisotopic (exact) mass is 737 g/mol. The Hall–Kier alpha value is -7.63. The second kappa shape index (κ2) is 14.5. The lowest BCUT2D eigenvalue weighted by molar-refractivity contribution is 0.588. The number of benzene rings is 8. The van der Waals surface area contributed by atoms with E-state index in [1.165, 1.54) is 0 Å². The highest BCUT2D eigenvalue weighted by atomic mass is 19.1. The van der Waals surface area contributed by atoms with Crippen LogP contribution in [0.3, 0.4) is 0 Å². The number of hydrogen-bond donors (Lipinski definition) is 0. The molecule has 0 unspecified atom stereocenters. The Kier molecular flexibility index (Phi) is 8.65. The summed E-state index contributed by atoms with van der Waals surface area (Å²) in [4.78, 5) is 4.19. The molecule has 0 aliphatic heterocycles. The summed E-state index contributed by atoms with van der Waals surface area (Å²) < 4.78 is 25.1. The van der Waals surface area contributed by atoms with E-state index in [1.54, 1.807) is 6.07 Å². The van der Waals surface area contributed by atoms with Gasteiger partial charge in [-0.3, -0.25) is 4.90 Å². The first-order valence-corrected chi connectivity index (χ1v) is 19.0. The molecule has 2 heterocycles. The number of para-hydroxylation sites is 5. The maximum atomic E-state index is 16.3. The lowest BCUT2D eigenvalue weighted by atomic mass is 10.0. The standard InChI is InChI=1S/C52H36FN3O/c53-48-36-44(54(39-15-5-1-6-16-39)40-17-7-2-8-18-40)30-31-45(48)38-27-32-50-47(35-38)46-23-13-14-24-49(46)56(50)43-28-25-37(26-29-43)51-33-34-52(57-51)55(41-19-9-3-10-20-41)42-21-11-4-12-22-42/h1-36H. The third-order valence-corrected chi connectivity index (χ3v) is 10.5. The van der Waals surface area contributed by atoms with Crippen molar-refractivity contribution in [3.63, 3.8) is 0 Å². The first kappa shape index (κ1) is 33.9. The minimum atomic E-state index is -0.278. The Morgan fingerprint density at radius 2 is 0.912 bits per heavy atom. The van der Waals surface area contributed by atoms with Gasteiger partial charge in [-0.1, -0.05) is 97.1 Å². The third-order valence-electron chi connectivity index (χ3n) is 10.5. The topological polar surface area (TPSA) is 24.6 Å². The minimum absolute atomic E-state index is 0.278. The van der Waals surface area contributed by atoms with E-state index >= 15 is 4.39 Å². The van der Waals surface area contributed by atoms with Gasteiger partial charge in [0.2, 0.25) is 5.88 Å². The van der Waals surface area contributed by atoms with Gasteiger partial charge in [0.25, 0.3) is 0 Å². The molecule has 0 aliphatic carbocycles. The SMILES string of the molecule is Fc1cc(N(c2ccccc2)c2ccccc2)ccc1-c1ccc2c(c1)c1ccccc1n2-c1ccc(-c2ccc(N(c3ccccc3)c3ccccc3)o2)cc1. The number of anilines is 6. The van der Waals surface area contributed by atoms with E-state index in [4.69, 9.17) is 4.42 Å². The van der Waals surface area contributed by atoms with Gasteiger partial charge in [0.1, 0.15) is 11.6 Å². The van der Waals surface area contributed by atoms with Crippen LogP contribution >= 0.6 is 0 Å². The fourth-order valence-corrected chi connectivity index (χ4v) is 7.83. The summed E-state index contributed by atoms with van der Waals surface area (Å²) in [6.07, 6.45) is 0. The van der Waals surface area contributed by atoms with Gasteiger partial charge in [-0.25, -0.2) is 4.39 Å². The Labute approximate surface area is 330 Å². The molecule has 0 bridgehead atoms. The molecule has 0 amide bonds. The molecular formula is C52H36FN3O. The average Bonchev–Trinajstić information content (AvgIpc) is 3.89.